The molecule has 0 aliphatic carbocycles. The predicted molar refractivity (Wildman–Crippen MR) is 99.2 cm³/mol. The van der Waals surface area contributed by atoms with Gasteiger partial charge in [-0.15, -0.1) is 0 Å². The van der Waals surface area contributed by atoms with Crippen molar-refractivity contribution in [3.05, 3.63) is 42.2 Å². The predicted octanol–water partition coefficient (Wildman–Crippen LogP) is 2.05. The highest BCUT2D eigenvalue weighted by Crippen LogP contribution is 2.27. The van der Waals surface area contributed by atoms with Crippen molar-refractivity contribution in [1.82, 2.24) is 20.4 Å². The SMILES string of the molecule is CCOc1cc(CNC(=NC)NCCCn2cccn2)ccc1OC. The van der Waals surface area contributed by atoms with Gasteiger partial charge >= 0.3 is 0 Å². The summed E-state index contributed by atoms with van der Waals surface area (Å²) >= 11 is 0. The lowest BCUT2D eigenvalue weighted by Crippen LogP contribution is -2.37. The minimum Gasteiger partial charge on any atom is -0.493 e. The molecule has 136 valence electrons. The summed E-state index contributed by atoms with van der Waals surface area (Å²) in [6.45, 7) is 4.93. The van der Waals surface area contributed by atoms with Gasteiger partial charge in [-0.3, -0.25) is 9.67 Å². The molecule has 0 aliphatic rings. The van der Waals surface area contributed by atoms with Crippen molar-refractivity contribution in [2.45, 2.75) is 26.4 Å². The summed E-state index contributed by atoms with van der Waals surface area (Å²) in [5.41, 5.74) is 1.10. The van der Waals surface area contributed by atoms with E-state index < -0.39 is 0 Å². The standard InChI is InChI=1S/C18H27N5O2/c1-4-25-17-13-15(7-8-16(17)24-3)14-21-18(19-2)20-9-5-11-23-12-6-10-22-23/h6-8,10,12-13H,4-5,9,11,14H2,1-3H3,(H2,19,20,21). The Morgan fingerprint density at radius 1 is 1.28 bits per heavy atom. The number of nitrogens with zero attached hydrogens (tertiary/aromatic N) is 3. The van der Waals surface area contributed by atoms with Gasteiger partial charge in [-0.1, -0.05) is 6.07 Å². The maximum Gasteiger partial charge on any atom is 0.191 e. The molecular formula is C18H27N5O2. The maximum absolute atomic E-state index is 5.61. The Labute approximate surface area is 149 Å². The quantitative estimate of drug-likeness (QED) is 0.413. The van der Waals surface area contributed by atoms with Gasteiger partial charge in [0.2, 0.25) is 0 Å². The molecule has 0 radical (unpaired) electrons. The first-order chi connectivity index (χ1) is 12.3. The fourth-order valence-electron chi connectivity index (χ4n) is 2.39. The van der Waals surface area contributed by atoms with Crippen LogP contribution >= 0.6 is 0 Å². The van der Waals surface area contributed by atoms with E-state index in [9.17, 15) is 0 Å². The molecule has 0 unspecified atom stereocenters. The van der Waals surface area contributed by atoms with E-state index in [2.05, 4.69) is 20.7 Å². The second kappa shape index (κ2) is 10.2. The molecular weight excluding hydrogens is 318 g/mol. The number of hydrogen-bond acceptors (Lipinski definition) is 4. The Morgan fingerprint density at radius 3 is 2.84 bits per heavy atom. The van der Waals surface area contributed by atoms with E-state index in [-0.39, 0.29) is 0 Å². The van der Waals surface area contributed by atoms with E-state index in [0.29, 0.717) is 13.2 Å². The molecule has 0 bridgehead atoms. The molecule has 7 heteroatoms. The van der Waals surface area contributed by atoms with Crippen LogP contribution in [0.4, 0.5) is 0 Å². The summed E-state index contributed by atoms with van der Waals surface area (Å²) in [4.78, 5) is 4.25. The second-order valence-electron chi connectivity index (χ2n) is 5.39. The number of ether oxygens (including phenoxy) is 2. The van der Waals surface area contributed by atoms with Crippen LogP contribution in [0.15, 0.2) is 41.7 Å². The zero-order chi connectivity index (χ0) is 17.9. The van der Waals surface area contributed by atoms with E-state index >= 15 is 0 Å². The summed E-state index contributed by atoms with van der Waals surface area (Å²) in [5.74, 6) is 2.27. The van der Waals surface area contributed by atoms with Gasteiger partial charge in [-0.25, -0.2) is 0 Å². The van der Waals surface area contributed by atoms with E-state index in [0.717, 1.165) is 42.5 Å². The minimum atomic E-state index is 0.604. The van der Waals surface area contributed by atoms with E-state index in [4.69, 9.17) is 9.47 Å². The monoisotopic (exact) mass is 345 g/mol. The third kappa shape index (κ3) is 6.02. The first-order valence-corrected chi connectivity index (χ1v) is 8.48. The summed E-state index contributed by atoms with van der Waals surface area (Å²) in [6, 6.07) is 7.85. The van der Waals surface area contributed by atoms with Crippen molar-refractivity contribution in [3.8, 4) is 11.5 Å². The second-order valence-corrected chi connectivity index (χ2v) is 5.39. The molecule has 0 saturated heterocycles. The van der Waals surface area contributed by atoms with Crippen LogP contribution in [0.25, 0.3) is 0 Å². The minimum absolute atomic E-state index is 0.604. The molecule has 1 heterocycles. The number of benzene rings is 1. The normalized spacial score (nSPS) is 11.2. The zero-order valence-corrected chi connectivity index (χ0v) is 15.2. The van der Waals surface area contributed by atoms with Gasteiger partial charge < -0.3 is 20.1 Å². The average Bonchev–Trinajstić information content (AvgIpc) is 3.15. The Bertz CT molecular complexity index is 655. The third-order valence-corrected chi connectivity index (χ3v) is 3.63. The highest BCUT2D eigenvalue weighted by atomic mass is 16.5. The third-order valence-electron chi connectivity index (χ3n) is 3.63. The number of nitrogens with one attached hydrogen (secondary N) is 2. The van der Waals surface area contributed by atoms with Crippen LogP contribution in [0.1, 0.15) is 18.9 Å². The first kappa shape index (κ1) is 18.6. The van der Waals surface area contributed by atoms with Crippen LogP contribution in [-0.4, -0.2) is 43.0 Å². The first-order valence-electron chi connectivity index (χ1n) is 8.48. The van der Waals surface area contributed by atoms with Crippen LogP contribution in [-0.2, 0) is 13.1 Å². The Balaban J connectivity index is 1.78. The Kier molecular flexibility index (Phi) is 7.62. The smallest absolute Gasteiger partial charge is 0.191 e. The molecule has 2 aromatic rings. The summed E-state index contributed by atoms with van der Waals surface area (Å²) in [6.07, 6.45) is 4.73. The number of guanidine groups is 1. The number of rotatable bonds is 9. The highest BCUT2D eigenvalue weighted by molar-refractivity contribution is 5.79. The topological polar surface area (TPSA) is 72.7 Å². The number of methoxy groups -OCH3 is 1. The molecule has 0 spiro atoms. The molecule has 2 rings (SSSR count). The van der Waals surface area contributed by atoms with Gasteiger partial charge in [-0.2, -0.15) is 5.10 Å². The van der Waals surface area contributed by atoms with E-state index in [1.54, 1.807) is 20.4 Å². The van der Waals surface area contributed by atoms with Crippen molar-refractivity contribution >= 4 is 5.96 Å². The Morgan fingerprint density at radius 2 is 2.16 bits per heavy atom. The van der Waals surface area contributed by atoms with Gasteiger partial charge in [0.1, 0.15) is 0 Å². The average molecular weight is 345 g/mol. The molecule has 1 aromatic heterocycles. The lowest BCUT2D eigenvalue weighted by molar-refractivity contribution is 0.310. The molecule has 0 aliphatic heterocycles. The lowest BCUT2D eigenvalue weighted by Gasteiger charge is -2.14. The fourth-order valence-corrected chi connectivity index (χ4v) is 2.39. The number of aliphatic imine (C=N–C) groups is 1. The molecule has 1 aromatic carbocycles. The van der Waals surface area contributed by atoms with Gasteiger partial charge in [0.25, 0.3) is 0 Å². The molecule has 2 N–H and O–H groups in total. The van der Waals surface area contributed by atoms with E-state index in [1.165, 1.54) is 0 Å². The number of aromatic nitrogens is 2. The highest BCUT2D eigenvalue weighted by Gasteiger charge is 2.06. The summed E-state index contributed by atoms with van der Waals surface area (Å²) < 4.78 is 12.8. The van der Waals surface area contributed by atoms with Crippen LogP contribution in [0.3, 0.4) is 0 Å². The number of aryl methyl sites for hydroxylation is 1. The Hall–Kier alpha value is -2.70. The fraction of sp³-hybridized carbons (Fsp3) is 0.444. The van der Waals surface area contributed by atoms with Crippen LogP contribution < -0.4 is 20.1 Å². The molecule has 0 fully saturated rings. The molecule has 0 atom stereocenters. The molecule has 0 amide bonds. The van der Waals surface area contributed by atoms with Crippen molar-refractivity contribution in [2.24, 2.45) is 4.99 Å². The summed E-state index contributed by atoms with van der Waals surface area (Å²) in [5, 5.41) is 10.8. The lowest BCUT2D eigenvalue weighted by atomic mass is 10.2. The van der Waals surface area contributed by atoms with Gasteiger partial charge in [0, 0.05) is 39.1 Å². The van der Waals surface area contributed by atoms with Gasteiger partial charge in [0.05, 0.1) is 13.7 Å². The van der Waals surface area contributed by atoms with Crippen molar-refractivity contribution in [2.75, 3.05) is 27.3 Å². The molecule has 25 heavy (non-hydrogen) atoms. The zero-order valence-electron chi connectivity index (χ0n) is 15.2. The van der Waals surface area contributed by atoms with E-state index in [1.807, 2.05) is 42.1 Å². The van der Waals surface area contributed by atoms with Crippen LogP contribution in [0, 0.1) is 0 Å². The maximum atomic E-state index is 5.61. The van der Waals surface area contributed by atoms with Crippen LogP contribution in [0.5, 0.6) is 11.5 Å². The van der Waals surface area contributed by atoms with Gasteiger partial charge in [-0.05, 0) is 37.1 Å². The molecule has 0 saturated carbocycles. The molecule has 7 nitrogen and oxygen atoms in total. The van der Waals surface area contributed by atoms with Crippen molar-refractivity contribution < 1.29 is 9.47 Å². The summed E-state index contributed by atoms with van der Waals surface area (Å²) in [7, 11) is 3.41. The largest absolute Gasteiger partial charge is 0.493 e. The number of hydrogen-bond donors (Lipinski definition) is 2. The van der Waals surface area contributed by atoms with Crippen molar-refractivity contribution in [1.29, 1.82) is 0 Å². The van der Waals surface area contributed by atoms with Crippen LogP contribution in [0.2, 0.25) is 0 Å². The van der Waals surface area contributed by atoms with Gasteiger partial charge in [0.15, 0.2) is 17.5 Å². The van der Waals surface area contributed by atoms with Crippen molar-refractivity contribution in [3.63, 3.8) is 0 Å².